The zero-order chi connectivity index (χ0) is 27.2. The first-order valence-corrected chi connectivity index (χ1v) is 11.4. The number of aromatic nitrogens is 2. The van der Waals surface area contributed by atoms with E-state index in [1.165, 1.54) is 23.5 Å². The number of carboxylic acid groups (broad SMARTS) is 1. The van der Waals surface area contributed by atoms with Gasteiger partial charge >= 0.3 is 18.3 Å². The van der Waals surface area contributed by atoms with Crippen LogP contribution in [0.25, 0.3) is 21.3 Å². The van der Waals surface area contributed by atoms with E-state index in [1.807, 2.05) is 24.4 Å². The second-order valence-electron chi connectivity index (χ2n) is 7.81. The smallest absolute Gasteiger partial charge is 0.475 e. The van der Waals surface area contributed by atoms with Crippen LogP contribution in [-0.2, 0) is 17.4 Å². The largest absolute Gasteiger partial charge is 0.490 e. The number of rotatable bonds is 6. The molecular weight excluding hydrogens is 522 g/mol. The van der Waals surface area contributed by atoms with Gasteiger partial charge in [0.2, 0.25) is 0 Å². The average Bonchev–Trinajstić information content (AvgIpc) is 3.31. The lowest BCUT2D eigenvalue weighted by Crippen LogP contribution is -2.31. The molecule has 0 spiro atoms. The fourth-order valence-corrected chi connectivity index (χ4v) is 3.96. The highest BCUT2D eigenvalue weighted by Gasteiger charge is 2.38. The van der Waals surface area contributed by atoms with Crippen LogP contribution in [0.1, 0.15) is 11.1 Å². The molecule has 0 unspecified atom stereocenters. The number of hydrogen-bond acceptors (Lipinski definition) is 6. The van der Waals surface area contributed by atoms with Gasteiger partial charge in [-0.1, -0.05) is 35.6 Å². The molecule has 0 aliphatic rings. The Labute approximate surface area is 210 Å². The van der Waals surface area contributed by atoms with Crippen LogP contribution in [0.15, 0.2) is 67.1 Å². The molecule has 2 aromatic heterocycles. The lowest BCUT2D eigenvalue weighted by atomic mass is 10.0. The van der Waals surface area contributed by atoms with Gasteiger partial charge in [0.05, 0.1) is 11.8 Å². The van der Waals surface area contributed by atoms with E-state index in [9.17, 15) is 26.3 Å². The third-order valence-corrected chi connectivity index (χ3v) is 5.96. The summed E-state index contributed by atoms with van der Waals surface area (Å²) in [5.74, 6) is -2.76. The predicted octanol–water partition coefficient (Wildman–Crippen LogP) is 5.99. The number of fused-ring (bicyclic) bond motifs is 1. The summed E-state index contributed by atoms with van der Waals surface area (Å²) >= 11 is 1.53. The van der Waals surface area contributed by atoms with Gasteiger partial charge in [-0.3, -0.25) is 4.98 Å². The summed E-state index contributed by atoms with van der Waals surface area (Å²) < 4.78 is 69.7. The van der Waals surface area contributed by atoms with Gasteiger partial charge in [0.15, 0.2) is 0 Å². The van der Waals surface area contributed by atoms with Gasteiger partial charge in [-0.15, -0.1) is 0 Å². The summed E-state index contributed by atoms with van der Waals surface area (Å²) in [5.41, 5.74) is 7.30. The van der Waals surface area contributed by atoms with Gasteiger partial charge in [-0.05, 0) is 41.6 Å². The van der Waals surface area contributed by atoms with E-state index in [2.05, 4.69) is 21.4 Å². The molecule has 2 aromatic carbocycles. The Bertz CT molecular complexity index is 1340. The van der Waals surface area contributed by atoms with Crippen LogP contribution in [0.3, 0.4) is 0 Å². The van der Waals surface area contributed by atoms with Crippen molar-refractivity contribution in [1.29, 1.82) is 0 Å². The highest BCUT2D eigenvalue weighted by Crippen LogP contribution is 2.31. The van der Waals surface area contributed by atoms with Gasteiger partial charge in [0, 0.05) is 35.9 Å². The minimum absolute atomic E-state index is 0.236. The van der Waals surface area contributed by atoms with Crippen molar-refractivity contribution in [2.45, 2.75) is 24.8 Å². The van der Waals surface area contributed by atoms with Gasteiger partial charge in [-0.25, -0.2) is 9.78 Å². The van der Waals surface area contributed by atoms with Crippen molar-refractivity contribution in [3.05, 3.63) is 78.2 Å². The molecule has 0 radical (unpaired) electrons. The second kappa shape index (κ2) is 11.6. The SMILES string of the molecule is N[C@H](CNc1cnc(-c2ccc3cnccc3c2)s1)Cc1ccc(C(F)(F)F)cc1.O=C(O)C(F)(F)F. The van der Waals surface area contributed by atoms with Crippen LogP contribution in [-0.4, -0.2) is 39.8 Å². The van der Waals surface area contributed by atoms with Gasteiger partial charge in [0.25, 0.3) is 0 Å². The Hall–Kier alpha value is -3.71. The van der Waals surface area contributed by atoms with Crippen molar-refractivity contribution in [2.75, 3.05) is 11.9 Å². The lowest BCUT2D eigenvalue weighted by Gasteiger charge is -2.13. The Morgan fingerprint density at radius 1 is 1.00 bits per heavy atom. The molecule has 196 valence electrons. The Morgan fingerprint density at radius 3 is 2.30 bits per heavy atom. The topological polar surface area (TPSA) is 101 Å². The van der Waals surface area contributed by atoms with Crippen molar-refractivity contribution in [3.8, 4) is 10.6 Å². The maximum Gasteiger partial charge on any atom is 0.490 e. The van der Waals surface area contributed by atoms with Crippen LogP contribution in [0.2, 0.25) is 0 Å². The maximum atomic E-state index is 12.6. The minimum Gasteiger partial charge on any atom is -0.475 e. The first-order valence-electron chi connectivity index (χ1n) is 10.6. The summed E-state index contributed by atoms with van der Waals surface area (Å²) in [6, 6.07) is 13.0. The van der Waals surface area contributed by atoms with Crippen LogP contribution >= 0.6 is 11.3 Å². The monoisotopic (exact) mass is 542 g/mol. The third kappa shape index (κ3) is 8.15. The molecule has 13 heteroatoms. The number of benzene rings is 2. The fourth-order valence-electron chi connectivity index (χ4n) is 3.14. The molecule has 1 atom stereocenters. The molecular formula is C24H20F6N4O2S. The molecule has 37 heavy (non-hydrogen) atoms. The normalized spacial score (nSPS) is 12.5. The van der Waals surface area contributed by atoms with Crippen molar-refractivity contribution in [3.63, 3.8) is 0 Å². The zero-order valence-corrected chi connectivity index (χ0v) is 19.7. The van der Waals surface area contributed by atoms with E-state index in [0.29, 0.717) is 13.0 Å². The van der Waals surface area contributed by atoms with Crippen LogP contribution in [0.4, 0.5) is 31.3 Å². The third-order valence-electron chi connectivity index (χ3n) is 4.95. The Morgan fingerprint density at radius 2 is 1.68 bits per heavy atom. The second-order valence-corrected chi connectivity index (χ2v) is 8.84. The molecule has 0 saturated carbocycles. The van der Waals surface area contributed by atoms with Gasteiger partial charge < -0.3 is 16.2 Å². The minimum atomic E-state index is -5.08. The van der Waals surface area contributed by atoms with Crippen LogP contribution in [0, 0.1) is 0 Å². The molecule has 0 amide bonds. The Kier molecular flexibility index (Phi) is 8.71. The molecule has 2 heterocycles. The molecule has 4 N–H and O–H groups in total. The standard InChI is InChI=1S/C22H19F3N4S.C2HF3O2/c23-22(24,25)18-5-1-14(2-6-18)9-19(26)12-28-20-13-29-21(30-20)16-3-4-17-11-27-8-7-15(17)10-16;3-2(4,5)1(6)7/h1-8,10-11,13,19,28H,9,12,26H2;(H,6,7)/t19-;/m0./s1. The van der Waals surface area contributed by atoms with E-state index in [0.717, 1.165) is 44.0 Å². The van der Waals surface area contributed by atoms with Crippen LogP contribution in [0.5, 0.6) is 0 Å². The summed E-state index contributed by atoms with van der Waals surface area (Å²) in [6.07, 6.45) is -3.57. The summed E-state index contributed by atoms with van der Waals surface area (Å²) in [7, 11) is 0. The van der Waals surface area contributed by atoms with Crippen molar-refractivity contribution >= 4 is 33.1 Å². The molecule has 4 rings (SSSR count). The number of hydrogen-bond donors (Lipinski definition) is 3. The van der Waals surface area contributed by atoms with E-state index in [4.69, 9.17) is 15.6 Å². The lowest BCUT2D eigenvalue weighted by molar-refractivity contribution is -0.192. The van der Waals surface area contributed by atoms with E-state index in [-0.39, 0.29) is 6.04 Å². The molecule has 0 bridgehead atoms. The number of anilines is 1. The number of nitrogens with zero attached hydrogens (tertiary/aromatic N) is 2. The van der Waals surface area contributed by atoms with Crippen molar-refractivity contribution < 1.29 is 36.2 Å². The van der Waals surface area contributed by atoms with Crippen LogP contribution < -0.4 is 11.1 Å². The maximum absolute atomic E-state index is 12.6. The average molecular weight is 543 g/mol. The number of halogens is 6. The van der Waals surface area contributed by atoms with E-state index >= 15 is 0 Å². The highest BCUT2D eigenvalue weighted by molar-refractivity contribution is 7.18. The molecule has 0 aliphatic carbocycles. The van der Waals surface area contributed by atoms with Gasteiger partial charge in [0.1, 0.15) is 10.0 Å². The Balaban J connectivity index is 0.000000479. The summed E-state index contributed by atoms with van der Waals surface area (Å²) in [4.78, 5) is 17.5. The number of nitrogens with one attached hydrogen (secondary N) is 1. The number of carboxylic acids is 1. The highest BCUT2D eigenvalue weighted by atomic mass is 32.1. The molecule has 6 nitrogen and oxygen atoms in total. The molecule has 4 aromatic rings. The quantitative estimate of drug-likeness (QED) is 0.259. The van der Waals surface area contributed by atoms with E-state index < -0.39 is 23.9 Å². The molecule has 0 saturated heterocycles. The number of alkyl halides is 6. The fraction of sp³-hybridized carbons (Fsp3) is 0.208. The van der Waals surface area contributed by atoms with Gasteiger partial charge in [-0.2, -0.15) is 26.3 Å². The molecule has 0 aliphatic heterocycles. The number of pyridine rings is 1. The predicted molar refractivity (Wildman–Crippen MR) is 128 cm³/mol. The zero-order valence-electron chi connectivity index (χ0n) is 18.8. The number of nitrogens with two attached hydrogens (primary N) is 1. The van der Waals surface area contributed by atoms with E-state index in [1.54, 1.807) is 12.4 Å². The number of thiazole rings is 1. The van der Waals surface area contributed by atoms with Crippen molar-refractivity contribution in [2.24, 2.45) is 5.73 Å². The summed E-state index contributed by atoms with van der Waals surface area (Å²) in [5, 5.41) is 14.4. The first-order chi connectivity index (χ1) is 17.3. The summed E-state index contributed by atoms with van der Waals surface area (Å²) in [6.45, 7) is 0.492. The first kappa shape index (κ1) is 27.9. The molecule has 0 fully saturated rings. The number of aliphatic carboxylic acids is 1. The number of carbonyl (C=O) groups is 1. The van der Waals surface area contributed by atoms with Crippen molar-refractivity contribution in [1.82, 2.24) is 9.97 Å².